The van der Waals surface area contributed by atoms with Gasteiger partial charge in [0, 0.05) is 28.1 Å². The van der Waals surface area contributed by atoms with Gasteiger partial charge in [-0.2, -0.15) is 0 Å². The minimum absolute atomic E-state index is 0.0767. The number of amides is 1. The topological polar surface area (TPSA) is 85.1 Å². The summed E-state index contributed by atoms with van der Waals surface area (Å²) in [7, 11) is 0. The number of benzene rings is 2. The first kappa shape index (κ1) is 16.8. The fourth-order valence-electron chi connectivity index (χ4n) is 2.42. The molecule has 0 atom stereocenters. The number of aromatic nitrogens is 1. The molecule has 25 heavy (non-hydrogen) atoms. The molecule has 0 aliphatic heterocycles. The zero-order valence-corrected chi connectivity index (χ0v) is 14.5. The monoisotopic (exact) mass is 353 g/mol. The Labute approximate surface area is 148 Å². The van der Waals surface area contributed by atoms with Crippen molar-refractivity contribution in [3.8, 4) is 11.3 Å². The van der Waals surface area contributed by atoms with Crippen LogP contribution in [0.5, 0.6) is 0 Å². The van der Waals surface area contributed by atoms with Crippen LogP contribution in [0.4, 0.5) is 10.8 Å². The minimum atomic E-state index is -0.495. The first-order valence-electron chi connectivity index (χ1n) is 7.53. The van der Waals surface area contributed by atoms with Crippen molar-refractivity contribution in [1.29, 1.82) is 0 Å². The van der Waals surface area contributed by atoms with E-state index in [1.54, 1.807) is 13.0 Å². The van der Waals surface area contributed by atoms with Gasteiger partial charge in [-0.1, -0.05) is 35.9 Å². The van der Waals surface area contributed by atoms with Crippen molar-refractivity contribution in [2.45, 2.75) is 13.8 Å². The number of nitro benzene ring substituents is 1. The molecular formula is C18H15N3O3S. The van der Waals surface area contributed by atoms with Crippen LogP contribution in [0, 0.1) is 24.0 Å². The number of nitrogens with one attached hydrogen (secondary N) is 1. The summed E-state index contributed by atoms with van der Waals surface area (Å²) < 4.78 is 0. The van der Waals surface area contributed by atoms with Gasteiger partial charge in [0.15, 0.2) is 5.13 Å². The van der Waals surface area contributed by atoms with Crippen molar-refractivity contribution in [2.75, 3.05) is 5.32 Å². The molecule has 6 nitrogen and oxygen atoms in total. The van der Waals surface area contributed by atoms with Crippen LogP contribution in [0.15, 0.2) is 47.8 Å². The number of nitrogens with zero attached hydrogens (tertiary/aromatic N) is 2. The summed E-state index contributed by atoms with van der Waals surface area (Å²) in [5, 5.41) is 16.0. The third kappa shape index (κ3) is 3.56. The fourth-order valence-corrected chi connectivity index (χ4v) is 3.13. The molecule has 0 aliphatic rings. The first-order valence-corrected chi connectivity index (χ1v) is 8.41. The van der Waals surface area contributed by atoms with Crippen molar-refractivity contribution in [2.24, 2.45) is 0 Å². The molecule has 1 heterocycles. The van der Waals surface area contributed by atoms with Crippen LogP contribution in [0.3, 0.4) is 0 Å². The number of carbonyl (C=O) groups excluding carboxylic acids is 1. The second-order valence-electron chi connectivity index (χ2n) is 5.56. The number of thiazole rings is 1. The molecule has 1 N–H and O–H groups in total. The second-order valence-corrected chi connectivity index (χ2v) is 6.42. The second kappa shape index (κ2) is 6.82. The lowest BCUT2D eigenvalue weighted by Crippen LogP contribution is -2.14. The molecule has 0 radical (unpaired) electrons. The van der Waals surface area contributed by atoms with Crippen molar-refractivity contribution >= 4 is 28.1 Å². The summed E-state index contributed by atoms with van der Waals surface area (Å²) in [4.78, 5) is 27.4. The summed E-state index contributed by atoms with van der Waals surface area (Å²) in [5.41, 5.74) is 3.42. The number of hydrogen-bond donors (Lipinski definition) is 1. The maximum atomic E-state index is 12.4. The molecule has 0 saturated heterocycles. The highest BCUT2D eigenvalue weighted by Crippen LogP contribution is 2.26. The Bertz CT molecular complexity index is 948. The fraction of sp³-hybridized carbons (Fsp3) is 0.111. The molecule has 0 fully saturated rings. The average molecular weight is 353 g/mol. The molecule has 126 valence electrons. The van der Waals surface area contributed by atoms with E-state index in [4.69, 9.17) is 0 Å². The number of carbonyl (C=O) groups is 1. The zero-order valence-electron chi connectivity index (χ0n) is 13.6. The van der Waals surface area contributed by atoms with Gasteiger partial charge < -0.3 is 0 Å². The van der Waals surface area contributed by atoms with Crippen LogP contribution in [0.25, 0.3) is 11.3 Å². The van der Waals surface area contributed by atoms with E-state index in [0.29, 0.717) is 10.7 Å². The van der Waals surface area contributed by atoms with Crippen molar-refractivity contribution < 1.29 is 9.72 Å². The van der Waals surface area contributed by atoms with E-state index >= 15 is 0 Å². The van der Waals surface area contributed by atoms with Gasteiger partial charge in [0.05, 0.1) is 10.6 Å². The van der Waals surface area contributed by atoms with Crippen molar-refractivity contribution in [3.63, 3.8) is 0 Å². The van der Waals surface area contributed by atoms with E-state index in [-0.39, 0.29) is 11.3 Å². The standard InChI is InChI=1S/C18H15N3O3S/c1-11-6-8-13(9-7-11)15-10-25-18(19-15)20-17(22)14-4-3-5-16(12(14)2)21(23)24/h3-10H,1-2H3,(H,19,20,22). The number of nitro groups is 1. The highest BCUT2D eigenvalue weighted by Gasteiger charge is 2.18. The molecule has 0 aliphatic carbocycles. The van der Waals surface area contributed by atoms with Gasteiger partial charge in [0.1, 0.15) is 0 Å². The minimum Gasteiger partial charge on any atom is -0.298 e. The van der Waals surface area contributed by atoms with E-state index in [0.717, 1.165) is 16.8 Å². The van der Waals surface area contributed by atoms with Gasteiger partial charge in [-0.15, -0.1) is 11.3 Å². The van der Waals surface area contributed by atoms with Gasteiger partial charge >= 0.3 is 0 Å². The number of rotatable bonds is 4. The van der Waals surface area contributed by atoms with Crippen molar-refractivity contribution in [1.82, 2.24) is 4.98 Å². The Hall–Kier alpha value is -3.06. The van der Waals surface area contributed by atoms with E-state index in [1.165, 1.54) is 23.5 Å². The zero-order chi connectivity index (χ0) is 18.0. The van der Waals surface area contributed by atoms with Gasteiger partial charge in [-0.05, 0) is 19.9 Å². The third-order valence-corrected chi connectivity index (χ3v) is 4.58. The van der Waals surface area contributed by atoms with Gasteiger partial charge in [0.2, 0.25) is 0 Å². The summed E-state index contributed by atoms with van der Waals surface area (Å²) >= 11 is 1.31. The summed E-state index contributed by atoms with van der Waals surface area (Å²) in [6, 6.07) is 12.4. The number of anilines is 1. The van der Waals surface area contributed by atoms with Crippen LogP contribution in [0.2, 0.25) is 0 Å². The van der Waals surface area contributed by atoms with Crippen LogP contribution in [0.1, 0.15) is 21.5 Å². The summed E-state index contributed by atoms with van der Waals surface area (Å²) in [5.74, 6) is -0.411. The lowest BCUT2D eigenvalue weighted by atomic mass is 10.1. The predicted octanol–water partition coefficient (Wildman–Crippen LogP) is 4.59. The Morgan fingerprint density at radius 1 is 1.16 bits per heavy atom. The molecule has 0 unspecified atom stereocenters. The molecule has 0 saturated carbocycles. The predicted molar refractivity (Wildman–Crippen MR) is 98.1 cm³/mol. The lowest BCUT2D eigenvalue weighted by molar-refractivity contribution is -0.385. The van der Waals surface area contributed by atoms with Crippen LogP contribution in [-0.2, 0) is 0 Å². The van der Waals surface area contributed by atoms with E-state index < -0.39 is 10.8 Å². The van der Waals surface area contributed by atoms with Crippen LogP contribution >= 0.6 is 11.3 Å². The van der Waals surface area contributed by atoms with Gasteiger partial charge in [0.25, 0.3) is 11.6 Å². The largest absolute Gasteiger partial charge is 0.298 e. The molecular weight excluding hydrogens is 338 g/mol. The number of aryl methyl sites for hydroxylation is 1. The van der Waals surface area contributed by atoms with Crippen molar-refractivity contribution in [3.05, 3.63) is 74.6 Å². The Balaban J connectivity index is 1.82. The molecule has 0 bridgehead atoms. The van der Waals surface area contributed by atoms with Gasteiger partial charge in [-0.25, -0.2) is 4.98 Å². The maximum absolute atomic E-state index is 12.4. The Morgan fingerprint density at radius 3 is 2.56 bits per heavy atom. The smallest absolute Gasteiger partial charge is 0.273 e. The highest BCUT2D eigenvalue weighted by atomic mass is 32.1. The van der Waals surface area contributed by atoms with E-state index in [2.05, 4.69) is 10.3 Å². The SMILES string of the molecule is Cc1ccc(-c2csc(NC(=O)c3cccc([N+](=O)[O-])c3C)n2)cc1. The third-order valence-electron chi connectivity index (χ3n) is 3.82. The summed E-state index contributed by atoms with van der Waals surface area (Å²) in [6.45, 7) is 3.57. The maximum Gasteiger partial charge on any atom is 0.273 e. The Morgan fingerprint density at radius 2 is 1.88 bits per heavy atom. The summed E-state index contributed by atoms with van der Waals surface area (Å²) in [6.07, 6.45) is 0. The quantitative estimate of drug-likeness (QED) is 0.549. The van der Waals surface area contributed by atoms with E-state index in [1.807, 2.05) is 36.6 Å². The molecule has 1 aromatic heterocycles. The highest BCUT2D eigenvalue weighted by molar-refractivity contribution is 7.14. The molecule has 7 heteroatoms. The average Bonchev–Trinajstić information content (AvgIpc) is 3.03. The van der Waals surface area contributed by atoms with E-state index in [9.17, 15) is 14.9 Å². The first-order chi connectivity index (χ1) is 12.0. The van der Waals surface area contributed by atoms with Crippen LogP contribution in [-0.4, -0.2) is 15.8 Å². The van der Waals surface area contributed by atoms with Crippen LogP contribution < -0.4 is 5.32 Å². The molecule has 3 rings (SSSR count). The lowest BCUT2D eigenvalue weighted by Gasteiger charge is -2.05. The molecule has 3 aromatic rings. The Kier molecular flexibility index (Phi) is 4.58. The normalized spacial score (nSPS) is 10.5. The molecule has 1 amide bonds. The number of hydrogen-bond acceptors (Lipinski definition) is 5. The van der Waals surface area contributed by atoms with Gasteiger partial charge in [-0.3, -0.25) is 20.2 Å². The molecule has 0 spiro atoms. The molecule has 2 aromatic carbocycles.